The van der Waals surface area contributed by atoms with Gasteiger partial charge in [0.2, 0.25) is 0 Å². The van der Waals surface area contributed by atoms with Crippen molar-refractivity contribution in [1.29, 1.82) is 0 Å². The molecule has 1 aromatic heterocycles. The maximum absolute atomic E-state index is 6.39. The van der Waals surface area contributed by atoms with E-state index in [1.165, 1.54) is 5.56 Å². The van der Waals surface area contributed by atoms with E-state index in [4.69, 9.17) is 28.2 Å². The lowest BCUT2D eigenvalue weighted by atomic mass is 9.90. The van der Waals surface area contributed by atoms with Crippen LogP contribution in [-0.2, 0) is 0 Å². The highest BCUT2D eigenvalue weighted by atomic mass is 35.5. The molecule has 0 amide bonds. The molecule has 4 rings (SSSR count). The highest BCUT2D eigenvalue weighted by Gasteiger charge is 2.19. The van der Waals surface area contributed by atoms with Crippen LogP contribution >= 0.6 is 23.2 Å². The summed E-state index contributed by atoms with van der Waals surface area (Å²) in [4.78, 5) is 9.21. The Kier molecular flexibility index (Phi) is 5.47. The van der Waals surface area contributed by atoms with Crippen LogP contribution in [0.4, 0.5) is 5.69 Å². The largest absolute Gasteiger partial charge is 0.338 e. The fourth-order valence-electron chi connectivity index (χ4n) is 3.29. The van der Waals surface area contributed by atoms with E-state index >= 15 is 0 Å². The van der Waals surface area contributed by atoms with Crippen molar-refractivity contribution in [2.75, 3.05) is 5.32 Å². The van der Waals surface area contributed by atoms with Crippen molar-refractivity contribution in [2.24, 2.45) is 4.99 Å². The predicted molar refractivity (Wildman–Crippen MR) is 118 cm³/mol. The van der Waals surface area contributed by atoms with Crippen molar-refractivity contribution in [1.82, 2.24) is 4.98 Å². The van der Waals surface area contributed by atoms with Crippen LogP contribution < -0.4 is 5.32 Å². The SMILES string of the molecule is CC1CC=C(c2cccnc2)N=C(Nc2ccccc2Cl)c2cc(Cl)ccc21. The van der Waals surface area contributed by atoms with Gasteiger partial charge in [0.15, 0.2) is 0 Å². The third-order valence-corrected chi connectivity index (χ3v) is 5.35. The number of aromatic nitrogens is 1. The summed E-state index contributed by atoms with van der Waals surface area (Å²) in [5.74, 6) is 1.03. The zero-order chi connectivity index (χ0) is 19.5. The fourth-order valence-corrected chi connectivity index (χ4v) is 3.64. The van der Waals surface area contributed by atoms with Crippen LogP contribution in [0.25, 0.3) is 5.70 Å². The van der Waals surface area contributed by atoms with Gasteiger partial charge in [-0.1, -0.05) is 54.4 Å². The lowest BCUT2D eigenvalue weighted by Gasteiger charge is -2.22. The first-order chi connectivity index (χ1) is 13.6. The third-order valence-electron chi connectivity index (χ3n) is 4.78. The summed E-state index contributed by atoms with van der Waals surface area (Å²) in [6.45, 7) is 2.21. The number of allylic oxidation sites excluding steroid dienone is 1. The molecule has 0 fully saturated rings. The second kappa shape index (κ2) is 8.17. The van der Waals surface area contributed by atoms with Crippen LogP contribution in [0, 0.1) is 0 Å². The number of amidine groups is 1. The molecular formula is C23H19Cl2N3. The molecule has 0 saturated heterocycles. The van der Waals surface area contributed by atoms with E-state index in [0.29, 0.717) is 21.8 Å². The second-order valence-electron chi connectivity index (χ2n) is 6.76. The Bertz CT molecular complexity index is 1060. The number of halogens is 2. The van der Waals surface area contributed by atoms with Crippen LogP contribution in [0.1, 0.15) is 36.0 Å². The number of para-hydroxylation sites is 1. The van der Waals surface area contributed by atoms with E-state index < -0.39 is 0 Å². The smallest absolute Gasteiger partial charge is 0.138 e. The van der Waals surface area contributed by atoms with Gasteiger partial charge >= 0.3 is 0 Å². The normalized spacial score (nSPS) is 16.3. The summed E-state index contributed by atoms with van der Waals surface area (Å²) in [5.41, 5.74) is 4.82. The molecule has 140 valence electrons. The van der Waals surface area contributed by atoms with E-state index in [1.54, 1.807) is 6.20 Å². The average Bonchev–Trinajstić information content (AvgIpc) is 2.71. The molecule has 0 spiro atoms. The zero-order valence-electron chi connectivity index (χ0n) is 15.4. The lowest BCUT2D eigenvalue weighted by molar-refractivity contribution is 0.777. The van der Waals surface area contributed by atoms with Crippen molar-refractivity contribution in [2.45, 2.75) is 19.3 Å². The minimum atomic E-state index is 0.317. The highest BCUT2D eigenvalue weighted by molar-refractivity contribution is 6.34. The number of nitrogens with zero attached hydrogens (tertiary/aromatic N) is 2. The van der Waals surface area contributed by atoms with E-state index in [9.17, 15) is 0 Å². The first kappa shape index (κ1) is 18.7. The summed E-state index contributed by atoms with van der Waals surface area (Å²) in [6, 6.07) is 17.5. The van der Waals surface area contributed by atoms with Crippen LogP contribution in [-0.4, -0.2) is 10.8 Å². The number of fused-ring (bicyclic) bond motifs is 1. The molecule has 0 bridgehead atoms. The Labute approximate surface area is 174 Å². The summed E-state index contributed by atoms with van der Waals surface area (Å²) in [7, 11) is 0. The van der Waals surface area contributed by atoms with E-state index in [1.807, 2.05) is 54.7 Å². The van der Waals surface area contributed by atoms with E-state index in [2.05, 4.69) is 29.4 Å². The fraction of sp³-hybridized carbons (Fsp3) is 0.130. The van der Waals surface area contributed by atoms with Crippen molar-refractivity contribution >= 4 is 40.4 Å². The lowest BCUT2D eigenvalue weighted by Crippen LogP contribution is -2.18. The summed E-state index contributed by atoms with van der Waals surface area (Å²) >= 11 is 12.7. The molecular weight excluding hydrogens is 389 g/mol. The first-order valence-corrected chi connectivity index (χ1v) is 9.88. The molecule has 1 N–H and O–H groups in total. The molecule has 1 unspecified atom stereocenters. The minimum absolute atomic E-state index is 0.317. The molecule has 1 aliphatic heterocycles. The molecule has 1 aliphatic rings. The Balaban J connectivity index is 1.88. The summed E-state index contributed by atoms with van der Waals surface area (Å²) in [5, 5.41) is 4.73. The number of benzene rings is 2. The predicted octanol–water partition coefficient (Wildman–Crippen LogP) is 6.80. The van der Waals surface area contributed by atoms with Gasteiger partial charge in [-0.3, -0.25) is 4.98 Å². The number of pyridine rings is 1. The molecule has 28 heavy (non-hydrogen) atoms. The summed E-state index contributed by atoms with van der Waals surface area (Å²) in [6.07, 6.45) is 6.63. The number of nitrogens with one attached hydrogen (secondary N) is 1. The van der Waals surface area contributed by atoms with Gasteiger partial charge in [0, 0.05) is 28.5 Å². The molecule has 5 heteroatoms. The molecule has 0 radical (unpaired) electrons. The Morgan fingerprint density at radius 2 is 1.89 bits per heavy atom. The van der Waals surface area contributed by atoms with Gasteiger partial charge in [0.1, 0.15) is 5.84 Å². The molecule has 2 heterocycles. The molecule has 3 nitrogen and oxygen atoms in total. The number of rotatable bonds is 2. The first-order valence-electron chi connectivity index (χ1n) is 9.12. The highest BCUT2D eigenvalue weighted by Crippen LogP contribution is 2.32. The number of hydrogen-bond acceptors (Lipinski definition) is 3. The monoisotopic (exact) mass is 407 g/mol. The van der Waals surface area contributed by atoms with Crippen molar-refractivity contribution < 1.29 is 0 Å². The molecule has 0 saturated carbocycles. The maximum Gasteiger partial charge on any atom is 0.138 e. The number of aliphatic imine (C=N–C) groups is 1. The van der Waals surface area contributed by atoms with Crippen molar-refractivity contribution in [3.05, 3.63) is 99.8 Å². The van der Waals surface area contributed by atoms with E-state index in [0.717, 1.165) is 28.9 Å². The number of hydrogen-bond donors (Lipinski definition) is 1. The standard InChI is InChI=1S/C23H19Cl2N3/c1-15-8-11-21(16-5-4-12-26-14-16)27-23(19-13-17(24)9-10-18(15)19)28-22-7-3-2-6-20(22)25/h2-7,9-15H,8H2,1H3,(H,27,28). The molecule has 3 aromatic rings. The van der Waals surface area contributed by atoms with Crippen molar-refractivity contribution in [3.63, 3.8) is 0 Å². The quantitative estimate of drug-likeness (QED) is 0.507. The van der Waals surface area contributed by atoms with Crippen LogP contribution in [0.3, 0.4) is 0 Å². The van der Waals surface area contributed by atoms with Crippen LogP contribution in [0.15, 0.2) is 78.1 Å². The van der Waals surface area contributed by atoms with Gasteiger partial charge in [-0.15, -0.1) is 0 Å². The van der Waals surface area contributed by atoms with Gasteiger partial charge in [0.25, 0.3) is 0 Å². The molecule has 1 atom stereocenters. The second-order valence-corrected chi connectivity index (χ2v) is 7.61. The topological polar surface area (TPSA) is 37.3 Å². The minimum Gasteiger partial charge on any atom is -0.338 e. The Morgan fingerprint density at radius 1 is 1.04 bits per heavy atom. The van der Waals surface area contributed by atoms with Crippen LogP contribution in [0.5, 0.6) is 0 Å². The van der Waals surface area contributed by atoms with Gasteiger partial charge in [-0.05, 0) is 54.3 Å². The number of anilines is 1. The maximum atomic E-state index is 6.39. The Morgan fingerprint density at radius 3 is 2.68 bits per heavy atom. The van der Waals surface area contributed by atoms with Gasteiger partial charge in [0.05, 0.1) is 16.4 Å². The van der Waals surface area contributed by atoms with Gasteiger partial charge in [-0.2, -0.15) is 0 Å². The molecule has 0 aliphatic carbocycles. The van der Waals surface area contributed by atoms with Gasteiger partial charge in [-0.25, -0.2) is 4.99 Å². The Hall–Kier alpha value is -2.62. The zero-order valence-corrected chi connectivity index (χ0v) is 16.9. The van der Waals surface area contributed by atoms with Crippen molar-refractivity contribution in [3.8, 4) is 0 Å². The summed E-state index contributed by atoms with van der Waals surface area (Å²) < 4.78 is 0. The van der Waals surface area contributed by atoms with Crippen LogP contribution in [0.2, 0.25) is 10.0 Å². The van der Waals surface area contributed by atoms with Gasteiger partial charge < -0.3 is 5.32 Å². The third kappa shape index (κ3) is 3.96. The average molecular weight is 408 g/mol. The van der Waals surface area contributed by atoms with E-state index in [-0.39, 0.29) is 0 Å². The molecule has 2 aromatic carbocycles.